The SMILES string of the molecule is CCCn1c(=O)c2c(nc(Cc3ccccc3)n2CCNCC(O)CC)n(CCc2ccccc2NC(=O)CCC(=O)O)c1=O. The maximum atomic E-state index is 13.9. The van der Waals surface area contributed by atoms with E-state index in [0.717, 1.165) is 11.1 Å². The number of aliphatic hydroxyl groups excluding tert-OH is 1. The van der Waals surface area contributed by atoms with Crippen LogP contribution in [0.5, 0.6) is 0 Å². The number of carboxylic acids is 1. The van der Waals surface area contributed by atoms with E-state index in [1.165, 1.54) is 9.13 Å². The first kappa shape index (κ1) is 33.3. The number of carbonyl (C=O) groups is 2. The van der Waals surface area contributed by atoms with Crippen molar-refractivity contribution in [1.29, 1.82) is 0 Å². The van der Waals surface area contributed by atoms with Gasteiger partial charge in [-0.05, 0) is 36.5 Å². The van der Waals surface area contributed by atoms with Crippen molar-refractivity contribution in [2.75, 3.05) is 18.4 Å². The number of aryl methyl sites for hydroxylation is 2. The number of hydrogen-bond acceptors (Lipinski definition) is 7. The summed E-state index contributed by atoms with van der Waals surface area (Å²) < 4.78 is 4.68. The van der Waals surface area contributed by atoms with Crippen LogP contribution >= 0.6 is 0 Å². The number of fused-ring (bicyclic) bond motifs is 1. The third-order valence-corrected chi connectivity index (χ3v) is 7.67. The molecule has 0 saturated carbocycles. The predicted octanol–water partition coefficient (Wildman–Crippen LogP) is 2.77. The Bertz CT molecular complexity index is 1730. The number of imidazole rings is 1. The fraction of sp³-hybridized carbons (Fsp3) is 0.424. The Morgan fingerprint density at radius 1 is 0.911 bits per heavy atom. The van der Waals surface area contributed by atoms with Gasteiger partial charge in [-0.1, -0.05) is 62.4 Å². The molecule has 1 unspecified atom stereocenters. The number of para-hydroxylation sites is 1. The van der Waals surface area contributed by atoms with E-state index < -0.39 is 23.7 Å². The number of aliphatic hydroxyl groups is 1. The molecular weight excluding hydrogens is 576 g/mol. The third kappa shape index (κ3) is 8.55. The van der Waals surface area contributed by atoms with Gasteiger partial charge < -0.3 is 25.4 Å². The van der Waals surface area contributed by atoms with Crippen LogP contribution in [0.4, 0.5) is 5.69 Å². The Morgan fingerprint density at radius 3 is 2.36 bits per heavy atom. The number of nitrogens with one attached hydrogen (secondary N) is 2. The van der Waals surface area contributed by atoms with Gasteiger partial charge in [0.15, 0.2) is 11.2 Å². The molecular formula is C33H42N6O6. The van der Waals surface area contributed by atoms with Crippen LogP contribution in [0.1, 0.15) is 56.5 Å². The minimum absolute atomic E-state index is 0.153. The highest BCUT2D eigenvalue weighted by atomic mass is 16.4. The number of anilines is 1. The lowest BCUT2D eigenvalue weighted by atomic mass is 10.1. The highest BCUT2D eigenvalue weighted by Gasteiger charge is 2.22. The van der Waals surface area contributed by atoms with Gasteiger partial charge in [0, 0.05) is 51.3 Å². The van der Waals surface area contributed by atoms with E-state index in [1.54, 1.807) is 12.1 Å². The summed E-state index contributed by atoms with van der Waals surface area (Å²) in [6, 6.07) is 17.0. The minimum Gasteiger partial charge on any atom is -0.481 e. The highest BCUT2D eigenvalue weighted by Crippen LogP contribution is 2.19. The zero-order chi connectivity index (χ0) is 32.3. The molecule has 0 fully saturated rings. The molecule has 4 aromatic rings. The van der Waals surface area contributed by atoms with Crippen LogP contribution in [-0.2, 0) is 42.1 Å². The maximum absolute atomic E-state index is 13.9. The molecule has 4 rings (SSSR count). The number of nitrogens with zero attached hydrogens (tertiary/aromatic N) is 4. The van der Waals surface area contributed by atoms with Crippen LogP contribution in [0.25, 0.3) is 11.2 Å². The lowest BCUT2D eigenvalue weighted by molar-refractivity contribution is -0.138. The molecule has 0 aliphatic rings. The summed E-state index contributed by atoms with van der Waals surface area (Å²) in [5, 5.41) is 25.0. The molecule has 0 aliphatic carbocycles. The second-order valence-electron chi connectivity index (χ2n) is 11.0. The maximum Gasteiger partial charge on any atom is 0.332 e. The first-order chi connectivity index (χ1) is 21.7. The van der Waals surface area contributed by atoms with Crippen molar-refractivity contribution < 1.29 is 19.8 Å². The number of amides is 1. The predicted molar refractivity (Wildman–Crippen MR) is 173 cm³/mol. The number of rotatable bonds is 17. The van der Waals surface area contributed by atoms with Crippen LogP contribution in [0.15, 0.2) is 64.2 Å². The standard InChI is InChI=1S/C33H42N6O6/c1-3-18-39-32(44)30-31(36-27(21-23-10-6-5-7-11-23)37(30)20-17-34-22-25(40)4-2)38(33(39)45)19-16-24-12-8-9-13-26(24)35-28(41)14-15-29(42)43/h5-13,25,34,40H,3-4,14-22H2,1-2H3,(H,35,41)(H,42,43). The Labute approximate surface area is 261 Å². The molecule has 1 amide bonds. The second-order valence-corrected chi connectivity index (χ2v) is 11.0. The first-order valence-corrected chi connectivity index (χ1v) is 15.5. The lowest BCUT2D eigenvalue weighted by Gasteiger charge is -2.15. The van der Waals surface area contributed by atoms with Gasteiger partial charge in [0.1, 0.15) is 5.82 Å². The number of aliphatic carboxylic acids is 1. The average Bonchev–Trinajstić information content (AvgIpc) is 3.38. The molecule has 0 spiro atoms. The smallest absolute Gasteiger partial charge is 0.332 e. The van der Waals surface area contributed by atoms with Gasteiger partial charge >= 0.3 is 11.7 Å². The van der Waals surface area contributed by atoms with Gasteiger partial charge in [-0.3, -0.25) is 23.5 Å². The number of benzene rings is 2. The first-order valence-electron chi connectivity index (χ1n) is 15.5. The number of aromatic nitrogens is 4. The summed E-state index contributed by atoms with van der Waals surface area (Å²) >= 11 is 0. The van der Waals surface area contributed by atoms with Crippen molar-refractivity contribution in [3.63, 3.8) is 0 Å². The average molecular weight is 619 g/mol. The Hall–Kier alpha value is -4.55. The normalized spacial score (nSPS) is 12.0. The Balaban J connectivity index is 1.74. The molecule has 2 heterocycles. The van der Waals surface area contributed by atoms with Crippen molar-refractivity contribution in [2.24, 2.45) is 0 Å². The largest absolute Gasteiger partial charge is 0.481 e. The quantitative estimate of drug-likeness (QED) is 0.131. The summed E-state index contributed by atoms with van der Waals surface area (Å²) in [5.41, 5.74) is 2.13. The number of carboxylic acid groups (broad SMARTS) is 1. The molecule has 4 N–H and O–H groups in total. The molecule has 1 atom stereocenters. The van der Waals surface area contributed by atoms with Crippen molar-refractivity contribution in [1.82, 2.24) is 24.0 Å². The topological polar surface area (TPSA) is 160 Å². The van der Waals surface area contributed by atoms with Crippen LogP contribution in [0.2, 0.25) is 0 Å². The van der Waals surface area contributed by atoms with E-state index in [4.69, 9.17) is 10.1 Å². The van der Waals surface area contributed by atoms with Crippen molar-refractivity contribution in [2.45, 2.75) is 78.1 Å². The summed E-state index contributed by atoms with van der Waals surface area (Å²) in [6.07, 6.45) is 1.13. The molecule has 12 nitrogen and oxygen atoms in total. The van der Waals surface area contributed by atoms with Gasteiger partial charge in [-0.15, -0.1) is 0 Å². The molecule has 2 aromatic carbocycles. The van der Waals surface area contributed by atoms with Gasteiger partial charge in [0.25, 0.3) is 5.56 Å². The molecule has 2 aromatic heterocycles. The van der Waals surface area contributed by atoms with E-state index in [-0.39, 0.29) is 31.5 Å². The van der Waals surface area contributed by atoms with Crippen LogP contribution < -0.4 is 21.9 Å². The minimum atomic E-state index is -1.05. The van der Waals surface area contributed by atoms with Gasteiger partial charge in [-0.2, -0.15) is 0 Å². The summed E-state index contributed by atoms with van der Waals surface area (Å²) in [5.74, 6) is -0.811. The summed E-state index contributed by atoms with van der Waals surface area (Å²) in [7, 11) is 0. The number of carbonyl (C=O) groups excluding carboxylic acids is 1. The van der Waals surface area contributed by atoms with E-state index in [1.807, 2.05) is 60.9 Å². The number of hydrogen-bond donors (Lipinski definition) is 4. The second kappa shape index (κ2) is 16.0. The lowest BCUT2D eigenvalue weighted by Crippen LogP contribution is -2.41. The van der Waals surface area contributed by atoms with E-state index in [2.05, 4.69) is 10.6 Å². The molecule has 12 heteroatoms. The van der Waals surface area contributed by atoms with Crippen molar-refractivity contribution in [3.8, 4) is 0 Å². The Morgan fingerprint density at radius 2 is 1.64 bits per heavy atom. The zero-order valence-electron chi connectivity index (χ0n) is 25.9. The molecule has 240 valence electrons. The molecule has 0 radical (unpaired) electrons. The Kier molecular flexibility index (Phi) is 11.8. The summed E-state index contributed by atoms with van der Waals surface area (Å²) in [6.45, 7) is 5.60. The van der Waals surface area contributed by atoms with Gasteiger partial charge in [-0.25, -0.2) is 9.78 Å². The van der Waals surface area contributed by atoms with E-state index in [0.29, 0.717) is 68.0 Å². The van der Waals surface area contributed by atoms with Crippen LogP contribution in [0, 0.1) is 0 Å². The molecule has 0 saturated heterocycles. The molecule has 0 aliphatic heterocycles. The van der Waals surface area contributed by atoms with E-state index in [9.17, 15) is 24.3 Å². The monoisotopic (exact) mass is 618 g/mol. The van der Waals surface area contributed by atoms with Crippen LogP contribution in [-0.4, -0.2) is 60.0 Å². The fourth-order valence-corrected chi connectivity index (χ4v) is 5.24. The summed E-state index contributed by atoms with van der Waals surface area (Å²) in [4.78, 5) is 55.8. The van der Waals surface area contributed by atoms with Gasteiger partial charge in [0.05, 0.1) is 12.5 Å². The molecule has 0 bridgehead atoms. The van der Waals surface area contributed by atoms with Gasteiger partial charge in [0.2, 0.25) is 5.91 Å². The van der Waals surface area contributed by atoms with Crippen LogP contribution in [0.3, 0.4) is 0 Å². The molecule has 45 heavy (non-hydrogen) atoms. The zero-order valence-corrected chi connectivity index (χ0v) is 25.9. The van der Waals surface area contributed by atoms with Crippen molar-refractivity contribution in [3.05, 3.63) is 92.4 Å². The third-order valence-electron chi connectivity index (χ3n) is 7.67. The highest BCUT2D eigenvalue weighted by molar-refractivity contribution is 5.93. The van der Waals surface area contributed by atoms with E-state index >= 15 is 0 Å². The van der Waals surface area contributed by atoms with Crippen molar-refractivity contribution >= 4 is 28.7 Å². The fourth-order valence-electron chi connectivity index (χ4n) is 5.24.